The zero-order chi connectivity index (χ0) is 14.6. The molecular weight excluding hydrogens is 274 g/mol. The molecule has 0 aliphatic carbocycles. The highest BCUT2D eigenvalue weighted by molar-refractivity contribution is 7.89. The van der Waals surface area contributed by atoms with E-state index in [-0.39, 0.29) is 18.4 Å². The molecular formula is C15H19NO3S. The van der Waals surface area contributed by atoms with Gasteiger partial charge in [0.1, 0.15) is 0 Å². The molecule has 0 amide bonds. The van der Waals surface area contributed by atoms with Crippen molar-refractivity contribution < 1.29 is 13.5 Å². The van der Waals surface area contributed by atoms with Crippen LogP contribution in [0.3, 0.4) is 0 Å². The minimum absolute atomic E-state index is 0.0507. The van der Waals surface area contributed by atoms with Crippen molar-refractivity contribution in [3.63, 3.8) is 0 Å². The highest BCUT2D eigenvalue weighted by Crippen LogP contribution is 2.28. The van der Waals surface area contributed by atoms with Gasteiger partial charge in [-0.2, -0.15) is 4.31 Å². The van der Waals surface area contributed by atoms with Crippen LogP contribution in [0.1, 0.15) is 36.9 Å². The zero-order valence-electron chi connectivity index (χ0n) is 11.5. The Kier molecular flexibility index (Phi) is 4.81. The van der Waals surface area contributed by atoms with Crippen molar-refractivity contribution in [1.82, 2.24) is 4.31 Å². The summed E-state index contributed by atoms with van der Waals surface area (Å²) in [4.78, 5) is 0. The summed E-state index contributed by atoms with van der Waals surface area (Å²) in [5, 5.41) is 8.71. The van der Waals surface area contributed by atoms with Gasteiger partial charge in [0.25, 0.3) is 0 Å². The van der Waals surface area contributed by atoms with Gasteiger partial charge in [0.2, 0.25) is 10.0 Å². The van der Waals surface area contributed by atoms with Crippen LogP contribution in [0.2, 0.25) is 0 Å². The first-order chi connectivity index (χ1) is 9.54. The second kappa shape index (κ2) is 6.40. The summed E-state index contributed by atoms with van der Waals surface area (Å²) in [6.45, 7) is 2.54. The van der Waals surface area contributed by atoms with Gasteiger partial charge < -0.3 is 5.11 Å². The molecule has 1 saturated heterocycles. The molecule has 1 aromatic carbocycles. The number of hydrogen-bond acceptors (Lipinski definition) is 3. The molecule has 0 aromatic heterocycles. The van der Waals surface area contributed by atoms with Crippen LogP contribution in [0.25, 0.3) is 0 Å². The standard InChI is InChI=1S/C15H19NO3S/c1-13(16-9-5-11-20(16,18)19)15-8-4-7-14(12-15)6-2-3-10-17/h4,7-8,12-13,17H,3,5,9-11H2,1H3. The zero-order valence-corrected chi connectivity index (χ0v) is 12.4. The Morgan fingerprint density at radius 2 is 2.25 bits per heavy atom. The second-order valence-corrected chi connectivity index (χ2v) is 6.90. The van der Waals surface area contributed by atoms with E-state index in [0.717, 1.165) is 11.1 Å². The van der Waals surface area contributed by atoms with Crippen LogP contribution < -0.4 is 0 Å². The monoisotopic (exact) mass is 293 g/mol. The minimum Gasteiger partial charge on any atom is -0.395 e. The van der Waals surface area contributed by atoms with Crippen LogP contribution in [0.4, 0.5) is 0 Å². The molecule has 5 heteroatoms. The largest absolute Gasteiger partial charge is 0.395 e. The van der Waals surface area contributed by atoms with Crippen LogP contribution in [-0.2, 0) is 10.0 Å². The van der Waals surface area contributed by atoms with E-state index in [1.54, 1.807) is 4.31 Å². The Hall–Kier alpha value is -1.35. The fourth-order valence-corrected chi connectivity index (χ4v) is 4.10. The lowest BCUT2D eigenvalue weighted by atomic mass is 10.1. The molecule has 1 fully saturated rings. The van der Waals surface area contributed by atoms with Gasteiger partial charge in [-0.1, -0.05) is 24.0 Å². The Labute approximate surface area is 120 Å². The predicted octanol–water partition coefficient (Wildman–Crippen LogP) is 1.52. The molecule has 0 spiro atoms. The van der Waals surface area contributed by atoms with Crippen molar-refractivity contribution in [2.75, 3.05) is 18.9 Å². The number of benzene rings is 1. The Bertz CT molecular complexity index is 628. The van der Waals surface area contributed by atoms with E-state index in [4.69, 9.17) is 5.11 Å². The average Bonchev–Trinajstić information content (AvgIpc) is 2.78. The van der Waals surface area contributed by atoms with Crippen LogP contribution in [0.15, 0.2) is 24.3 Å². The number of nitrogens with zero attached hydrogens (tertiary/aromatic N) is 1. The molecule has 1 N–H and O–H groups in total. The van der Waals surface area contributed by atoms with Gasteiger partial charge in [-0.25, -0.2) is 8.42 Å². The molecule has 1 heterocycles. The van der Waals surface area contributed by atoms with Gasteiger partial charge in [0.15, 0.2) is 0 Å². The van der Waals surface area contributed by atoms with Crippen LogP contribution in [-0.4, -0.2) is 36.7 Å². The van der Waals surface area contributed by atoms with E-state index in [9.17, 15) is 8.42 Å². The molecule has 1 unspecified atom stereocenters. The van der Waals surface area contributed by atoms with Crippen molar-refractivity contribution in [2.45, 2.75) is 25.8 Å². The van der Waals surface area contributed by atoms with Crippen molar-refractivity contribution >= 4 is 10.0 Å². The molecule has 0 radical (unpaired) electrons. The fraction of sp³-hybridized carbons (Fsp3) is 0.467. The van der Waals surface area contributed by atoms with E-state index in [2.05, 4.69) is 11.8 Å². The molecule has 1 atom stereocenters. The number of aliphatic hydroxyl groups excluding tert-OH is 1. The topological polar surface area (TPSA) is 57.6 Å². The molecule has 1 aromatic rings. The number of aliphatic hydroxyl groups is 1. The first-order valence-electron chi connectivity index (χ1n) is 6.74. The summed E-state index contributed by atoms with van der Waals surface area (Å²) in [7, 11) is -3.10. The SMILES string of the molecule is CC(c1cccc(C#CCCO)c1)N1CCCS1(=O)=O. The summed E-state index contributed by atoms with van der Waals surface area (Å²) >= 11 is 0. The van der Waals surface area contributed by atoms with Crippen LogP contribution >= 0.6 is 0 Å². The normalized spacial score (nSPS) is 19.3. The maximum atomic E-state index is 11.9. The maximum Gasteiger partial charge on any atom is 0.214 e. The lowest BCUT2D eigenvalue weighted by molar-refractivity contribution is 0.305. The van der Waals surface area contributed by atoms with Gasteiger partial charge in [-0.3, -0.25) is 0 Å². The van der Waals surface area contributed by atoms with Gasteiger partial charge in [-0.15, -0.1) is 0 Å². The fourth-order valence-electron chi connectivity index (χ4n) is 2.36. The molecule has 20 heavy (non-hydrogen) atoms. The van der Waals surface area contributed by atoms with Gasteiger partial charge in [-0.05, 0) is 31.0 Å². The third-order valence-corrected chi connectivity index (χ3v) is 5.43. The molecule has 2 rings (SSSR count). The van der Waals surface area contributed by atoms with Crippen LogP contribution in [0.5, 0.6) is 0 Å². The van der Waals surface area contributed by atoms with Crippen molar-refractivity contribution in [1.29, 1.82) is 0 Å². The summed E-state index contributed by atoms with van der Waals surface area (Å²) in [5.74, 6) is 6.09. The molecule has 1 aliphatic rings. The van der Waals surface area contributed by atoms with Crippen molar-refractivity contribution in [2.24, 2.45) is 0 Å². The lowest BCUT2D eigenvalue weighted by Gasteiger charge is -2.23. The molecule has 0 saturated carbocycles. The van der Waals surface area contributed by atoms with E-state index in [1.807, 2.05) is 31.2 Å². The smallest absolute Gasteiger partial charge is 0.214 e. The number of hydrogen-bond donors (Lipinski definition) is 1. The molecule has 1 aliphatic heterocycles. The molecule has 108 valence electrons. The Balaban J connectivity index is 2.21. The van der Waals surface area contributed by atoms with Crippen molar-refractivity contribution in [3.05, 3.63) is 35.4 Å². The van der Waals surface area contributed by atoms with Gasteiger partial charge >= 0.3 is 0 Å². The highest BCUT2D eigenvalue weighted by atomic mass is 32.2. The Morgan fingerprint density at radius 1 is 1.45 bits per heavy atom. The summed E-state index contributed by atoms with van der Waals surface area (Å²) in [5.41, 5.74) is 1.80. The molecule has 4 nitrogen and oxygen atoms in total. The van der Waals surface area contributed by atoms with Crippen LogP contribution in [0, 0.1) is 11.8 Å². The number of sulfonamides is 1. The lowest BCUT2D eigenvalue weighted by Crippen LogP contribution is -2.28. The van der Waals surface area contributed by atoms with Crippen molar-refractivity contribution in [3.8, 4) is 11.8 Å². The van der Waals surface area contributed by atoms with Gasteiger partial charge in [0.05, 0.1) is 12.4 Å². The number of rotatable bonds is 3. The third kappa shape index (κ3) is 3.40. The first kappa shape index (κ1) is 15.0. The maximum absolute atomic E-state index is 11.9. The summed E-state index contributed by atoms with van der Waals surface area (Å²) in [6.07, 6.45) is 1.14. The summed E-state index contributed by atoms with van der Waals surface area (Å²) < 4.78 is 25.4. The summed E-state index contributed by atoms with van der Waals surface area (Å²) in [6, 6.07) is 7.46. The Morgan fingerprint density at radius 3 is 2.90 bits per heavy atom. The van der Waals surface area contributed by atoms with E-state index in [1.165, 1.54) is 0 Å². The molecule has 0 bridgehead atoms. The van der Waals surface area contributed by atoms with Gasteiger partial charge in [0, 0.05) is 24.6 Å². The van der Waals surface area contributed by atoms with E-state index < -0.39 is 10.0 Å². The van der Waals surface area contributed by atoms with E-state index in [0.29, 0.717) is 19.4 Å². The average molecular weight is 293 g/mol. The minimum atomic E-state index is -3.10. The van der Waals surface area contributed by atoms with E-state index >= 15 is 0 Å². The third-order valence-electron chi connectivity index (χ3n) is 3.41. The first-order valence-corrected chi connectivity index (χ1v) is 8.35. The highest BCUT2D eigenvalue weighted by Gasteiger charge is 2.32. The quantitative estimate of drug-likeness (QED) is 0.860. The second-order valence-electron chi connectivity index (χ2n) is 4.86. The predicted molar refractivity (Wildman–Crippen MR) is 78.5 cm³/mol.